The van der Waals surface area contributed by atoms with Gasteiger partial charge in [0.25, 0.3) is 0 Å². The Morgan fingerprint density at radius 2 is 0.495 bits per heavy atom. The molecule has 36 nitrogen and oxygen atoms in total. The van der Waals surface area contributed by atoms with E-state index in [0.717, 1.165) is 49.4 Å². The van der Waals surface area contributed by atoms with Crippen LogP contribution < -0.4 is 86.0 Å². The number of benzene rings is 3. The normalized spacial score (nSPS) is 12.5. The van der Waals surface area contributed by atoms with E-state index < -0.39 is 84.1 Å². The quantitative estimate of drug-likeness (QED) is 0.0128. The number of aromatic nitrogens is 3. The van der Waals surface area contributed by atoms with Crippen molar-refractivity contribution in [3.05, 3.63) is 108 Å². The summed E-state index contributed by atoms with van der Waals surface area (Å²) >= 11 is 0. The fourth-order valence-corrected chi connectivity index (χ4v) is 7.45. The highest BCUT2D eigenvalue weighted by Gasteiger charge is 2.18. The largest absolute Gasteiger partial charge is 0.480 e. The molecule has 514 valence electrons. The van der Waals surface area contributed by atoms with Crippen molar-refractivity contribution in [2.45, 2.75) is 113 Å². The van der Waals surface area contributed by atoms with Gasteiger partial charge in [0.05, 0.1) is 0 Å². The van der Waals surface area contributed by atoms with Crippen LogP contribution in [-0.2, 0) is 52.8 Å². The molecule has 3 aromatic carbocycles. The first kappa shape index (κ1) is 82.4. The van der Waals surface area contributed by atoms with Gasteiger partial charge in [0.1, 0.15) is 42.3 Å². The Bertz CT molecular complexity index is 2970. The Balaban J connectivity index is 0.00000107. The molecule has 0 fully saturated rings. The zero-order valence-corrected chi connectivity index (χ0v) is 51.2. The SMILES string of the molecule is NC(N)=NCCC[C@H](N)C(=O)O.NC(N)=NCCC[C@H](N)C(=O)O.NC(N)=NCCC[C@H](N)C(=O)O.NC(N)=NCCC[C@H](N)C(=O)O.N[C@@H](Cc1c[nH]c2ccccc12)C(=O)O.N[C@@H](Cc1c[nH]c2ccccc12)C(=O)O.N[C@@H](Cc1c[nH]c2ccccc12)C(=O)O. The molecule has 0 unspecified atom stereocenters. The fraction of sp³-hybridized carbons (Fsp3) is 0.386. The van der Waals surface area contributed by atoms with E-state index in [2.05, 4.69) is 34.9 Å². The number of nitrogens with two attached hydrogens (primary N) is 15. The molecule has 3 aromatic heterocycles. The summed E-state index contributed by atoms with van der Waals surface area (Å²) in [5.41, 5.74) is 83.6. The predicted molar refractivity (Wildman–Crippen MR) is 355 cm³/mol. The van der Waals surface area contributed by atoms with E-state index in [0.29, 0.717) is 96.8 Å². The van der Waals surface area contributed by atoms with Crippen molar-refractivity contribution in [2.24, 2.45) is 106 Å². The second-order valence-corrected chi connectivity index (χ2v) is 20.1. The minimum atomic E-state index is -1.00. The molecule has 0 saturated carbocycles. The Kier molecular flexibility index (Phi) is 40.4. The van der Waals surface area contributed by atoms with E-state index in [1.54, 1.807) is 0 Å². The maximum absolute atomic E-state index is 10.6. The zero-order valence-electron chi connectivity index (χ0n) is 51.2. The number of rotatable bonds is 29. The lowest BCUT2D eigenvalue weighted by atomic mass is 10.1. The molecule has 36 heteroatoms. The molecule has 0 saturated heterocycles. The predicted octanol–water partition coefficient (Wildman–Crippen LogP) is -2.83. The van der Waals surface area contributed by atoms with Crippen molar-refractivity contribution in [3.8, 4) is 0 Å². The molecule has 7 atom stereocenters. The first-order chi connectivity index (χ1) is 43.7. The van der Waals surface area contributed by atoms with Gasteiger partial charge in [-0.1, -0.05) is 54.6 Å². The van der Waals surface area contributed by atoms with E-state index in [1.807, 2.05) is 91.4 Å². The van der Waals surface area contributed by atoms with Crippen LogP contribution in [0.5, 0.6) is 0 Å². The Labute approximate surface area is 534 Å². The molecule has 0 amide bonds. The van der Waals surface area contributed by atoms with Crippen molar-refractivity contribution in [1.29, 1.82) is 0 Å². The molecule has 0 spiro atoms. The number of carbonyl (C=O) groups is 7. The molecular weight excluding hydrogens is 1220 g/mol. The van der Waals surface area contributed by atoms with Gasteiger partial charge in [-0.3, -0.25) is 53.5 Å². The van der Waals surface area contributed by atoms with Crippen LogP contribution in [0.15, 0.2) is 111 Å². The van der Waals surface area contributed by atoms with Crippen molar-refractivity contribution in [3.63, 3.8) is 0 Å². The fourth-order valence-electron chi connectivity index (χ4n) is 7.45. The lowest BCUT2D eigenvalue weighted by Gasteiger charge is -2.04. The van der Waals surface area contributed by atoms with Crippen LogP contribution in [0.1, 0.15) is 68.1 Å². The van der Waals surface area contributed by atoms with Crippen LogP contribution in [0, 0.1) is 0 Å². The first-order valence-corrected chi connectivity index (χ1v) is 28.4. The number of carboxylic acids is 7. The number of hydrogen-bond acceptors (Lipinski definition) is 18. The number of nitrogens with zero attached hydrogens (tertiary/aromatic N) is 4. The van der Waals surface area contributed by atoms with Crippen molar-refractivity contribution in [2.75, 3.05) is 26.2 Å². The summed E-state index contributed by atoms with van der Waals surface area (Å²) < 4.78 is 0. The van der Waals surface area contributed by atoms with E-state index in [4.69, 9.17) is 122 Å². The minimum Gasteiger partial charge on any atom is -0.480 e. The number of para-hydroxylation sites is 3. The summed E-state index contributed by atoms with van der Waals surface area (Å²) in [6.07, 6.45) is 10.3. The number of fused-ring (bicyclic) bond motifs is 3. The van der Waals surface area contributed by atoms with Crippen molar-refractivity contribution in [1.82, 2.24) is 15.0 Å². The molecule has 0 aliphatic carbocycles. The molecular formula is C57H92N22O14. The minimum absolute atomic E-state index is 0.0129. The number of guanidine groups is 4. The number of hydrogen-bond donors (Lipinski definition) is 25. The number of carboxylic acid groups (broad SMARTS) is 7. The van der Waals surface area contributed by atoms with Crippen LogP contribution in [0.4, 0.5) is 0 Å². The highest BCUT2D eigenvalue weighted by molar-refractivity contribution is 5.87. The van der Waals surface area contributed by atoms with Gasteiger partial charge in [-0.25, -0.2) is 0 Å². The standard InChI is InChI=1S/3C11H12N2O2.4C6H14N4O2/c3*12-9(11(14)15)5-7-6-13-10-4-2-1-3-8(7)10;4*7-4(5(11)12)2-1-3-10-6(8)9/h3*1-4,6,9,13H,5,12H2,(H,14,15);4*4H,1-3,7H2,(H,11,12)(H4,8,9,10)/t3*9-;4*4-/m0000000/s1. The Morgan fingerprint density at radius 3 is 0.667 bits per heavy atom. The topological polar surface area (TPSA) is 748 Å². The van der Waals surface area contributed by atoms with E-state index >= 15 is 0 Å². The molecule has 6 aromatic rings. The van der Waals surface area contributed by atoms with E-state index in [-0.39, 0.29) is 23.8 Å². The highest BCUT2D eigenvalue weighted by atomic mass is 16.4. The second kappa shape index (κ2) is 45.6. The summed E-state index contributed by atoms with van der Waals surface area (Å²) in [5.74, 6) is -6.87. The average Bonchev–Trinajstić information content (AvgIpc) is 1.82. The van der Waals surface area contributed by atoms with Crippen LogP contribution >= 0.6 is 0 Å². The van der Waals surface area contributed by atoms with Gasteiger partial charge in [-0.2, -0.15) is 0 Å². The third-order valence-electron chi connectivity index (χ3n) is 12.4. The molecule has 6 rings (SSSR count). The summed E-state index contributed by atoms with van der Waals surface area (Å²) in [6, 6.07) is 17.5. The number of aliphatic carboxylic acids is 7. The van der Waals surface area contributed by atoms with Gasteiger partial charge in [0, 0.05) is 96.7 Å². The van der Waals surface area contributed by atoms with Crippen LogP contribution in [0.25, 0.3) is 32.7 Å². The number of aliphatic imine (C=N–C) groups is 4. The van der Waals surface area contributed by atoms with Gasteiger partial charge < -0.3 is 137 Å². The lowest BCUT2D eigenvalue weighted by molar-refractivity contribution is -0.139. The molecule has 93 heavy (non-hydrogen) atoms. The highest BCUT2D eigenvalue weighted by Crippen LogP contribution is 2.21. The Morgan fingerprint density at radius 1 is 0.312 bits per heavy atom. The van der Waals surface area contributed by atoms with Crippen LogP contribution in [0.3, 0.4) is 0 Å². The maximum Gasteiger partial charge on any atom is 0.320 e. The molecule has 40 N–H and O–H groups in total. The molecule has 0 aliphatic rings. The van der Waals surface area contributed by atoms with Gasteiger partial charge in [-0.15, -0.1) is 0 Å². The lowest BCUT2D eigenvalue weighted by Crippen LogP contribution is -2.32. The van der Waals surface area contributed by atoms with Crippen molar-refractivity contribution < 1.29 is 69.3 Å². The van der Waals surface area contributed by atoms with Crippen LogP contribution in [0.2, 0.25) is 0 Å². The summed E-state index contributed by atoms with van der Waals surface area (Å²) in [6.45, 7) is 1.68. The number of aromatic amines is 3. The molecule has 0 bridgehead atoms. The zero-order chi connectivity index (χ0) is 70.8. The molecule has 0 aliphatic heterocycles. The van der Waals surface area contributed by atoms with E-state index in [1.165, 1.54) is 0 Å². The number of nitrogens with one attached hydrogen (secondary N) is 3. The Hall–Kier alpha value is -10.6. The van der Waals surface area contributed by atoms with E-state index in [9.17, 15) is 33.6 Å². The van der Waals surface area contributed by atoms with Gasteiger partial charge in [0.2, 0.25) is 0 Å². The number of H-pyrrole nitrogens is 3. The average molecular weight is 1310 g/mol. The third kappa shape index (κ3) is 37.2. The third-order valence-corrected chi connectivity index (χ3v) is 12.4. The smallest absolute Gasteiger partial charge is 0.320 e. The summed E-state index contributed by atoms with van der Waals surface area (Å²) in [4.78, 5) is 96.7. The monoisotopic (exact) mass is 1310 g/mol. The first-order valence-electron chi connectivity index (χ1n) is 28.4. The van der Waals surface area contributed by atoms with Gasteiger partial charge >= 0.3 is 41.8 Å². The van der Waals surface area contributed by atoms with Gasteiger partial charge in [-0.05, 0) is 86.3 Å². The van der Waals surface area contributed by atoms with Crippen molar-refractivity contribution >= 4 is 98.3 Å². The summed E-state index contributed by atoms with van der Waals surface area (Å²) in [7, 11) is 0. The molecule has 3 heterocycles. The van der Waals surface area contributed by atoms with Gasteiger partial charge in [0.15, 0.2) is 23.8 Å². The maximum atomic E-state index is 10.6. The van der Waals surface area contributed by atoms with Crippen LogP contribution in [-0.4, -0.2) is 185 Å². The second-order valence-electron chi connectivity index (χ2n) is 20.1. The summed E-state index contributed by atoms with van der Waals surface area (Å²) in [5, 5.41) is 62.8. The molecule has 0 radical (unpaired) electrons.